The first kappa shape index (κ1) is 10.4. The van der Waals surface area contributed by atoms with E-state index in [1.807, 2.05) is 20.8 Å². The molecule has 0 aromatic rings. The standard InChI is InChI=1S/C8H16N2S/c1-5-7(4)10-8(11)9-6(2)3/h6H,4-5H2,1-3H3,(H2,9,10,11). The van der Waals surface area contributed by atoms with Gasteiger partial charge in [0.2, 0.25) is 0 Å². The molecule has 0 saturated carbocycles. The fourth-order valence-electron chi connectivity index (χ4n) is 0.547. The molecular formula is C8H16N2S. The lowest BCUT2D eigenvalue weighted by molar-refractivity contribution is 0.723. The Bertz CT molecular complexity index is 152. The summed E-state index contributed by atoms with van der Waals surface area (Å²) in [6, 6.07) is 0.375. The SMILES string of the molecule is C=C(CC)NC(=S)NC(C)C. The second-order valence-corrected chi connectivity index (χ2v) is 3.12. The van der Waals surface area contributed by atoms with Crippen LogP contribution in [-0.2, 0) is 0 Å². The molecule has 0 aromatic carbocycles. The molecule has 2 nitrogen and oxygen atoms in total. The molecule has 2 N–H and O–H groups in total. The van der Waals surface area contributed by atoms with Gasteiger partial charge < -0.3 is 10.6 Å². The summed E-state index contributed by atoms with van der Waals surface area (Å²) in [6.45, 7) is 9.91. The summed E-state index contributed by atoms with van der Waals surface area (Å²) in [7, 11) is 0. The van der Waals surface area contributed by atoms with E-state index in [0.29, 0.717) is 11.2 Å². The van der Waals surface area contributed by atoms with E-state index in [-0.39, 0.29) is 0 Å². The summed E-state index contributed by atoms with van der Waals surface area (Å²) < 4.78 is 0. The molecule has 0 rings (SSSR count). The number of allylic oxidation sites excluding steroid dienone is 1. The molecule has 0 bridgehead atoms. The molecule has 0 aromatic heterocycles. The Morgan fingerprint density at radius 2 is 2.09 bits per heavy atom. The molecule has 3 heteroatoms. The second-order valence-electron chi connectivity index (χ2n) is 2.71. The van der Waals surface area contributed by atoms with Crippen molar-refractivity contribution < 1.29 is 0 Å². The van der Waals surface area contributed by atoms with Gasteiger partial charge in [0.05, 0.1) is 0 Å². The van der Waals surface area contributed by atoms with Crippen LogP contribution in [0.5, 0.6) is 0 Å². The molecule has 0 aliphatic rings. The van der Waals surface area contributed by atoms with Gasteiger partial charge in [0, 0.05) is 11.7 Å². The van der Waals surface area contributed by atoms with Crippen molar-refractivity contribution in [1.82, 2.24) is 10.6 Å². The molecule has 0 aliphatic carbocycles. The van der Waals surface area contributed by atoms with Crippen LogP contribution in [0.25, 0.3) is 0 Å². The Kier molecular flexibility index (Phi) is 4.86. The molecule has 0 radical (unpaired) electrons. The Labute approximate surface area is 74.1 Å². The molecule has 0 atom stereocenters. The summed E-state index contributed by atoms with van der Waals surface area (Å²) >= 11 is 4.99. The van der Waals surface area contributed by atoms with E-state index in [2.05, 4.69) is 17.2 Å². The second kappa shape index (κ2) is 5.13. The molecule has 0 heterocycles. The third kappa shape index (κ3) is 5.85. The first-order chi connectivity index (χ1) is 5.06. The van der Waals surface area contributed by atoms with Crippen molar-refractivity contribution in [2.24, 2.45) is 0 Å². The van der Waals surface area contributed by atoms with Crippen LogP contribution in [-0.4, -0.2) is 11.2 Å². The Hall–Kier alpha value is -0.570. The zero-order valence-corrected chi connectivity index (χ0v) is 8.22. The summed E-state index contributed by atoms with van der Waals surface area (Å²) in [4.78, 5) is 0. The van der Waals surface area contributed by atoms with Crippen molar-refractivity contribution in [3.63, 3.8) is 0 Å². The predicted octanol–water partition coefficient (Wildman–Crippen LogP) is 1.78. The van der Waals surface area contributed by atoms with E-state index in [4.69, 9.17) is 12.2 Å². The highest BCUT2D eigenvalue weighted by Crippen LogP contribution is 1.89. The first-order valence-electron chi connectivity index (χ1n) is 3.81. The molecule has 0 fully saturated rings. The third-order valence-electron chi connectivity index (χ3n) is 1.14. The topological polar surface area (TPSA) is 24.1 Å². The lowest BCUT2D eigenvalue weighted by Gasteiger charge is -2.13. The van der Waals surface area contributed by atoms with Gasteiger partial charge in [0.1, 0.15) is 0 Å². The minimum absolute atomic E-state index is 0.375. The number of rotatable bonds is 3. The lowest BCUT2D eigenvalue weighted by atomic mass is 10.4. The zero-order valence-electron chi connectivity index (χ0n) is 7.40. The van der Waals surface area contributed by atoms with Gasteiger partial charge in [-0.2, -0.15) is 0 Å². The largest absolute Gasteiger partial charge is 0.360 e. The van der Waals surface area contributed by atoms with Gasteiger partial charge in [-0.15, -0.1) is 0 Å². The maximum absolute atomic E-state index is 4.99. The molecule has 0 amide bonds. The van der Waals surface area contributed by atoms with Crippen LogP contribution in [0, 0.1) is 0 Å². The van der Waals surface area contributed by atoms with Crippen molar-refractivity contribution in [3.05, 3.63) is 12.3 Å². The summed E-state index contributed by atoms with van der Waals surface area (Å²) in [5.74, 6) is 0. The van der Waals surface area contributed by atoms with Crippen molar-refractivity contribution in [2.75, 3.05) is 0 Å². The van der Waals surface area contributed by atoms with E-state index >= 15 is 0 Å². The maximum Gasteiger partial charge on any atom is 0.170 e. The Morgan fingerprint density at radius 3 is 2.45 bits per heavy atom. The number of hydrogen-bond acceptors (Lipinski definition) is 1. The minimum atomic E-state index is 0.375. The van der Waals surface area contributed by atoms with E-state index in [1.54, 1.807) is 0 Å². The number of thiocarbonyl (C=S) groups is 1. The zero-order chi connectivity index (χ0) is 8.85. The molecule has 0 saturated heterocycles. The van der Waals surface area contributed by atoms with Gasteiger partial charge in [-0.3, -0.25) is 0 Å². The summed E-state index contributed by atoms with van der Waals surface area (Å²) in [5, 5.41) is 6.71. The Balaban J connectivity index is 3.61. The van der Waals surface area contributed by atoms with E-state index < -0.39 is 0 Å². The number of hydrogen-bond donors (Lipinski definition) is 2. The van der Waals surface area contributed by atoms with Crippen LogP contribution < -0.4 is 10.6 Å². The van der Waals surface area contributed by atoms with Crippen molar-refractivity contribution >= 4 is 17.3 Å². The van der Waals surface area contributed by atoms with Gasteiger partial charge in [-0.25, -0.2) is 0 Å². The van der Waals surface area contributed by atoms with Crippen LogP contribution in [0.3, 0.4) is 0 Å². The fraction of sp³-hybridized carbons (Fsp3) is 0.625. The normalized spacial score (nSPS) is 9.45. The smallest absolute Gasteiger partial charge is 0.170 e. The van der Waals surface area contributed by atoms with Crippen LogP contribution in [0.2, 0.25) is 0 Å². The monoisotopic (exact) mass is 172 g/mol. The van der Waals surface area contributed by atoms with Crippen LogP contribution in [0.15, 0.2) is 12.3 Å². The maximum atomic E-state index is 4.99. The minimum Gasteiger partial charge on any atom is -0.360 e. The highest BCUT2D eigenvalue weighted by atomic mass is 32.1. The average molecular weight is 172 g/mol. The highest BCUT2D eigenvalue weighted by molar-refractivity contribution is 7.80. The first-order valence-corrected chi connectivity index (χ1v) is 4.22. The summed E-state index contributed by atoms with van der Waals surface area (Å²) in [5.41, 5.74) is 0.947. The van der Waals surface area contributed by atoms with Gasteiger partial charge in [0.25, 0.3) is 0 Å². The third-order valence-corrected chi connectivity index (χ3v) is 1.36. The van der Waals surface area contributed by atoms with Crippen molar-refractivity contribution in [2.45, 2.75) is 33.2 Å². The molecule has 0 unspecified atom stereocenters. The van der Waals surface area contributed by atoms with Crippen LogP contribution in [0.4, 0.5) is 0 Å². The molecule has 0 spiro atoms. The Morgan fingerprint density at radius 1 is 1.55 bits per heavy atom. The molecule has 0 aliphatic heterocycles. The summed E-state index contributed by atoms with van der Waals surface area (Å²) in [6.07, 6.45) is 0.903. The van der Waals surface area contributed by atoms with Gasteiger partial charge in [-0.05, 0) is 32.5 Å². The van der Waals surface area contributed by atoms with Crippen LogP contribution in [0.1, 0.15) is 27.2 Å². The predicted molar refractivity (Wildman–Crippen MR) is 53.4 cm³/mol. The van der Waals surface area contributed by atoms with Crippen molar-refractivity contribution in [1.29, 1.82) is 0 Å². The van der Waals surface area contributed by atoms with Crippen molar-refractivity contribution in [3.8, 4) is 0 Å². The van der Waals surface area contributed by atoms with Gasteiger partial charge >= 0.3 is 0 Å². The van der Waals surface area contributed by atoms with Gasteiger partial charge in [-0.1, -0.05) is 13.5 Å². The average Bonchev–Trinajstić information content (AvgIpc) is 1.85. The van der Waals surface area contributed by atoms with E-state index in [1.165, 1.54) is 0 Å². The van der Waals surface area contributed by atoms with E-state index in [0.717, 1.165) is 12.1 Å². The lowest BCUT2D eigenvalue weighted by Crippen LogP contribution is -2.38. The molecule has 64 valence electrons. The van der Waals surface area contributed by atoms with Crippen LogP contribution >= 0.6 is 12.2 Å². The highest BCUT2D eigenvalue weighted by Gasteiger charge is 1.97. The number of nitrogens with one attached hydrogen (secondary N) is 2. The quantitative estimate of drug-likeness (QED) is 0.635. The van der Waals surface area contributed by atoms with Gasteiger partial charge in [0.15, 0.2) is 5.11 Å². The molecular weight excluding hydrogens is 156 g/mol. The molecule has 11 heavy (non-hydrogen) atoms. The van der Waals surface area contributed by atoms with E-state index in [9.17, 15) is 0 Å². The fourth-order valence-corrected chi connectivity index (χ4v) is 0.927.